The van der Waals surface area contributed by atoms with Gasteiger partial charge in [0.15, 0.2) is 0 Å². The average Bonchev–Trinajstić information content (AvgIpc) is 2.02. The molecule has 0 amide bonds. The normalized spacial score (nSPS) is 11.3. The largest absolute Gasteiger partial charge is 0.128 e. The molecule has 0 nitrogen and oxygen atoms in total. The molecular weight excluding hydrogens is 144 g/mol. The molecule has 0 fully saturated rings. The van der Waals surface area contributed by atoms with Gasteiger partial charge in [0.25, 0.3) is 0 Å². The van der Waals surface area contributed by atoms with Crippen LogP contribution in [0.5, 0.6) is 0 Å². The Labute approximate surface area is 75.3 Å². The molecule has 0 aromatic carbocycles. The van der Waals surface area contributed by atoms with Crippen LogP contribution in [-0.4, -0.2) is 0 Å². The van der Waals surface area contributed by atoms with E-state index < -0.39 is 0 Å². The maximum Gasteiger partial charge on any atom is -0.0139 e. The minimum absolute atomic E-state index is 0.925. The van der Waals surface area contributed by atoms with E-state index in [1.807, 2.05) is 12.2 Å². The predicted molar refractivity (Wildman–Crippen MR) is 56.0 cm³/mol. The minimum atomic E-state index is 0.925. The van der Waals surface area contributed by atoms with Crippen molar-refractivity contribution in [3.63, 3.8) is 0 Å². The maximum atomic E-state index is 3.80. The van der Waals surface area contributed by atoms with Crippen LogP contribution in [0.1, 0.15) is 20.3 Å². The quantitative estimate of drug-likeness (QED) is 0.433. The first-order valence-electron chi connectivity index (χ1n) is 4.10. The summed E-state index contributed by atoms with van der Waals surface area (Å²) in [5.74, 6) is 0. The molecule has 12 heavy (non-hydrogen) atoms. The fourth-order valence-electron chi connectivity index (χ4n) is 0.808. The second-order valence-corrected chi connectivity index (χ2v) is 2.61. The molecule has 0 aromatic rings. The molecule has 0 saturated carbocycles. The summed E-state index contributed by atoms with van der Waals surface area (Å²) in [4.78, 5) is 0. The lowest BCUT2D eigenvalue weighted by molar-refractivity contribution is 1.20. The van der Waals surface area contributed by atoms with Crippen molar-refractivity contribution in [2.45, 2.75) is 20.3 Å². The van der Waals surface area contributed by atoms with Crippen molar-refractivity contribution in [3.05, 3.63) is 54.3 Å². The van der Waals surface area contributed by atoms with Crippen LogP contribution in [0.25, 0.3) is 0 Å². The summed E-state index contributed by atoms with van der Waals surface area (Å²) in [5.41, 5.74) is 4.86. The van der Waals surface area contributed by atoms with E-state index >= 15 is 0 Å². The van der Waals surface area contributed by atoms with Gasteiger partial charge in [0.05, 0.1) is 0 Å². The van der Waals surface area contributed by atoms with Gasteiger partial charge in [0.2, 0.25) is 0 Å². The Bertz CT molecular complexity index is 245. The zero-order chi connectivity index (χ0) is 9.40. The Balaban J connectivity index is 4.15. The second-order valence-electron chi connectivity index (χ2n) is 2.61. The molecule has 0 radical (unpaired) electrons. The first-order valence-corrected chi connectivity index (χ1v) is 4.10. The molecule has 0 aliphatic rings. The Hall–Kier alpha value is -1.26. The van der Waals surface area contributed by atoms with Crippen LogP contribution >= 0.6 is 0 Å². The van der Waals surface area contributed by atoms with Gasteiger partial charge in [-0.25, -0.2) is 0 Å². The van der Waals surface area contributed by atoms with Gasteiger partial charge in [0.1, 0.15) is 0 Å². The van der Waals surface area contributed by atoms with Crippen molar-refractivity contribution < 1.29 is 0 Å². The van der Waals surface area contributed by atoms with Crippen molar-refractivity contribution in [2.75, 3.05) is 0 Å². The third-order valence-electron chi connectivity index (χ3n) is 1.37. The highest BCUT2D eigenvalue weighted by Crippen LogP contribution is 2.01. The number of allylic oxidation sites excluding steroid dienone is 6. The van der Waals surface area contributed by atoms with Crippen LogP contribution in [0.15, 0.2) is 54.3 Å². The summed E-state index contributed by atoms with van der Waals surface area (Å²) in [6, 6.07) is 0. The van der Waals surface area contributed by atoms with E-state index in [1.165, 1.54) is 5.57 Å². The molecule has 0 heterocycles. The Morgan fingerprint density at radius 2 is 2.08 bits per heavy atom. The molecule has 0 saturated heterocycles. The predicted octanol–water partition coefficient (Wildman–Crippen LogP) is 3.80. The van der Waals surface area contributed by atoms with Crippen molar-refractivity contribution >= 4 is 0 Å². The number of hydrogen-bond donors (Lipinski definition) is 0. The van der Waals surface area contributed by atoms with Crippen molar-refractivity contribution in [1.29, 1.82) is 0 Å². The molecule has 0 aliphatic heterocycles. The lowest BCUT2D eigenvalue weighted by atomic mass is 10.2. The highest BCUT2D eigenvalue weighted by Gasteiger charge is 1.80. The van der Waals surface area contributed by atoms with Gasteiger partial charge < -0.3 is 0 Å². The number of hydrogen-bond acceptors (Lipinski definition) is 0. The summed E-state index contributed by atoms with van der Waals surface area (Å²) in [5, 5.41) is 0. The molecule has 0 aromatic heterocycles. The first kappa shape index (κ1) is 10.7. The van der Waals surface area contributed by atoms with Crippen LogP contribution in [0.4, 0.5) is 0 Å². The summed E-state index contributed by atoms with van der Waals surface area (Å²) in [6.45, 7) is 11.5. The van der Waals surface area contributed by atoms with Crippen molar-refractivity contribution in [2.24, 2.45) is 0 Å². The van der Waals surface area contributed by atoms with Gasteiger partial charge in [-0.05, 0) is 25.0 Å². The Morgan fingerprint density at radius 3 is 2.58 bits per heavy atom. The molecule has 0 heteroatoms. The fraction of sp³-hybridized carbons (Fsp3) is 0.250. The van der Waals surface area contributed by atoms with E-state index in [9.17, 15) is 0 Å². The van der Waals surface area contributed by atoms with Crippen LogP contribution in [0.2, 0.25) is 0 Å². The SMILES string of the molecule is C=C=CC(=C)C=CC(C)=CCC. The van der Waals surface area contributed by atoms with Crippen LogP contribution in [0, 0.1) is 0 Å². The molecular formula is C12H16. The number of rotatable bonds is 4. The Morgan fingerprint density at radius 1 is 1.42 bits per heavy atom. The van der Waals surface area contributed by atoms with Crippen molar-refractivity contribution in [3.8, 4) is 0 Å². The van der Waals surface area contributed by atoms with E-state index in [-0.39, 0.29) is 0 Å². The van der Waals surface area contributed by atoms with Gasteiger partial charge >= 0.3 is 0 Å². The van der Waals surface area contributed by atoms with E-state index in [4.69, 9.17) is 0 Å². The third kappa shape index (κ3) is 5.52. The molecule has 0 aliphatic carbocycles. The minimum Gasteiger partial charge on any atom is -0.128 e. The highest BCUT2D eigenvalue weighted by atomic mass is 13.9. The van der Waals surface area contributed by atoms with E-state index in [0.717, 1.165) is 12.0 Å². The monoisotopic (exact) mass is 160 g/mol. The fourth-order valence-corrected chi connectivity index (χ4v) is 0.808. The molecule has 64 valence electrons. The summed E-state index contributed by atoms with van der Waals surface area (Å²) >= 11 is 0. The van der Waals surface area contributed by atoms with Crippen molar-refractivity contribution in [1.82, 2.24) is 0 Å². The lowest BCUT2D eigenvalue weighted by Gasteiger charge is -1.90. The molecule has 0 atom stereocenters. The standard InChI is InChI=1S/C12H16/c1-5-7-11(3)9-10-12(4)8-6-2/h7-10H,1,3,6H2,2,4H3. The molecule has 0 rings (SSSR count). The highest BCUT2D eigenvalue weighted by molar-refractivity contribution is 5.31. The molecule has 0 bridgehead atoms. The van der Waals surface area contributed by atoms with E-state index in [2.05, 4.69) is 38.8 Å². The van der Waals surface area contributed by atoms with Gasteiger partial charge in [-0.2, -0.15) is 0 Å². The average molecular weight is 160 g/mol. The van der Waals surface area contributed by atoms with Crippen LogP contribution in [0.3, 0.4) is 0 Å². The Kier molecular flexibility index (Phi) is 5.77. The molecule has 0 unspecified atom stereocenters. The summed E-state index contributed by atoms with van der Waals surface area (Å²) in [7, 11) is 0. The van der Waals surface area contributed by atoms with E-state index in [0.29, 0.717) is 0 Å². The van der Waals surface area contributed by atoms with Gasteiger partial charge in [-0.15, -0.1) is 5.73 Å². The van der Waals surface area contributed by atoms with Gasteiger partial charge in [-0.1, -0.05) is 43.9 Å². The van der Waals surface area contributed by atoms with Crippen LogP contribution < -0.4 is 0 Å². The molecule has 0 N–H and O–H groups in total. The maximum absolute atomic E-state index is 3.80. The topological polar surface area (TPSA) is 0 Å². The first-order chi connectivity index (χ1) is 5.70. The summed E-state index contributed by atoms with van der Waals surface area (Å²) < 4.78 is 0. The molecule has 0 spiro atoms. The van der Waals surface area contributed by atoms with Gasteiger partial charge in [-0.3, -0.25) is 0 Å². The zero-order valence-corrected chi connectivity index (χ0v) is 7.93. The summed E-state index contributed by atoms with van der Waals surface area (Å²) in [6.07, 6.45) is 9.00. The second kappa shape index (κ2) is 6.45. The van der Waals surface area contributed by atoms with E-state index in [1.54, 1.807) is 6.08 Å². The zero-order valence-electron chi connectivity index (χ0n) is 7.93. The van der Waals surface area contributed by atoms with Gasteiger partial charge in [0, 0.05) is 0 Å². The van der Waals surface area contributed by atoms with Crippen LogP contribution in [-0.2, 0) is 0 Å². The lowest BCUT2D eigenvalue weighted by Crippen LogP contribution is -1.69. The third-order valence-corrected chi connectivity index (χ3v) is 1.37. The smallest absolute Gasteiger partial charge is 0.0139 e.